The Hall–Kier alpha value is -4.94. The summed E-state index contributed by atoms with van der Waals surface area (Å²) in [7, 11) is 0. The van der Waals surface area contributed by atoms with Crippen molar-refractivity contribution >= 4 is 11.9 Å². The van der Waals surface area contributed by atoms with Crippen LogP contribution in [0.4, 0.5) is 0 Å². The van der Waals surface area contributed by atoms with Crippen LogP contribution in [0, 0.1) is 23.7 Å². The first-order valence-electron chi connectivity index (χ1n) is 16.2. The van der Waals surface area contributed by atoms with Gasteiger partial charge in [0.15, 0.2) is 11.5 Å². The number of esters is 2. The smallest absolute Gasteiger partial charge is 0.311 e. The van der Waals surface area contributed by atoms with Crippen LogP contribution in [-0.2, 0) is 9.59 Å². The fraction of sp³-hybridized carbons (Fsp3) is 0.350. The molecule has 6 heteroatoms. The number of carbonyl (C=O) groups is 2. The van der Waals surface area contributed by atoms with Crippen molar-refractivity contribution in [2.75, 3.05) is 0 Å². The van der Waals surface area contributed by atoms with Gasteiger partial charge < -0.3 is 9.47 Å². The average molecular weight is 619 g/mol. The molecule has 3 aromatic rings. The van der Waals surface area contributed by atoms with Gasteiger partial charge in [0, 0.05) is 35.1 Å². The normalized spacial score (nSPS) is 10.1. The van der Waals surface area contributed by atoms with Crippen LogP contribution in [0.2, 0.25) is 0 Å². The Balaban J connectivity index is 1.58. The molecule has 0 saturated heterocycles. The Kier molecular flexibility index (Phi) is 15.6. The van der Waals surface area contributed by atoms with E-state index >= 15 is 0 Å². The summed E-state index contributed by atoms with van der Waals surface area (Å²) >= 11 is 0. The van der Waals surface area contributed by atoms with E-state index in [4.69, 9.17) is 9.47 Å². The molecule has 0 aliphatic carbocycles. The molecule has 238 valence electrons. The minimum Gasteiger partial charge on any atom is -0.422 e. The lowest BCUT2D eigenvalue weighted by atomic mass is 10.1. The van der Waals surface area contributed by atoms with Crippen molar-refractivity contribution in [3.63, 3.8) is 0 Å². The maximum absolute atomic E-state index is 12.4. The third-order valence-corrected chi connectivity index (χ3v) is 7.15. The van der Waals surface area contributed by atoms with Gasteiger partial charge in [-0.15, -0.1) is 0 Å². The molecule has 0 saturated carbocycles. The second-order valence-corrected chi connectivity index (χ2v) is 11.1. The van der Waals surface area contributed by atoms with Crippen LogP contribution in [0.3, 0.4) is 0 Å². The molecule has 46 heavy (non-hydrogen) atoms. The monoisotopic (exact) mass is 618 g/mol. The van der Waals surface area contributed by atoms with Gasteiger partial charge in [0.2, 0.25) is 10.9 Å². The molecule has 0 atom stereocenters. The maximum atomic E-state index is 12.4. The number of unbranched alkanes of at least 4 members (excludes halogenated alkanes) is 8. The molecule has 0 aromatic heterocycles. The number of hydrogen-bond acceptors (Lipinski definition) is 6. The molecule has 0 amide bonds. The molecule has 0 radical (unpaired) electrons. The van der Waals surface area contributed by atoms with Crippen molar-refractivity contribution in [2.24, 2.45) is 0 Å². The lowest BCUT2D eigenvalue weighted by molar-refractivity contribution is -0.135. The van der Waals surface area contributed by atoms with Gasteiger partial charge in [-0.2, -0.15) is 0 Å². The van der Waals surface area contributed by atoms with Crippen molar-refractivity contribution in [1.82, 2.24) is 0 Å². The summed E-state index contributed by atoms with van der Waals surface area (Å²) in [4.78, 5) is 49.1. The molecular formula is C40H42O6. The summed E-state index contributed by atoms with van der Waals surface area (Å²) < 4.78 is 10.6. The minimum atomic E-state index is -0.402. The van der Waals surface area contributed by atoms with E-state index in [0.717, 1.165) is 75.3 Å². The Labute approximate surface area is 272 Å². The first-order valence-corrected chi connectivity index (χ1v) is 16.2. The second-order valence-electron chi connectivity index (χ2n) is 11.1. The second kappa shape index (κ2) is 20.2. The summed E-state index contributed by atoms with van der Waals surface area (Å²) in [6.07, 6.45) is 10.8. The van der Waals surface area contributed by atoms with Crippen LogP contribution >= 0.6 is 0 Å². The van der Waals surface area contributed by atoms with Crippen LogP contribution < -0.4 is 20.3 Å². The zero-order valence-corrected chi connectivity index (χ0v) is 26.9. The Morgan fingerprint density at radius 2 is 0.761 bits per heavy atom. The molecule has 0 fully saturated rings. The van der Waals surface area contributed by atoms with Crippen LogP contribution in [-0.4, -0.2) is 11.9 Å². The van der Waals surface area contributed by atoms with E-state index in [9.17, 15) is 19.2 Å². The fourth-order valence-corrected chi connectivity index (χ4v) is 4.46. The zero-order chi connectivity index (χ0) is 33.0. The van der Waals surface area contributed by atoms with Crippen molar-refractivity contribution in [3.05, 3.63) is 115 Å². The summed E-state index contributed by atoms with van der Waals surface area (Å²) in [6, 6.07) is 19.6. The van der Waals surface area contributed by atoms with Gasteiger partial charge in [0.05, 0.1) is 0 Å². The van der Waals surface area contributed by atoms with Gasteiger partial charge >= 0.3 is 11.9 Å². The molecule has 3 aromatic carbocycles. The molecule has 0 bridgehead atoms. The highest BCUT2D eigenvalue weighted by molar-refractivity contribution is 5.72. The molecule has 0 aliphatic heterocycles. The van der Waals surface area contributed by atoms with Gasteiger partial charge in [-0.3, -0.25) is 19.2 Å². The van der Waals surface area contributed by atoms with Crippen LogP contribution in [0.1, 0.15) is 113 Å². The van der Waals surface area contributed by atoms with Crippen LogP contribution in [0.5, 0.6) is 11.5 Å². The molecule has 0 N–H and O–H groups in total. The van der Waals surface area contributed by atoms with Crippen molar-refractivity contribution in [1.29, 1.82) is 0 Å². The Morgan fingerprint density at radius 3 is 1.11 bits per heavy atom. The maximum Gasteiger partial charge on any atom is 0.311 e. The van der Waals surface area contributed by atoms with Gasteiger partial charge in [0.25, 0.3) is 0 Å². The third kappa shape index (κ3) is 13.4. The Bertz CT molecular complexity index is 1570. The summed E-state index contributed by atoms with van der Waals surface area (Å²) in [5.74, 6) is 11.4. The van der Waals surface area contributed by atoms with Crippen LogP contribution in [0.15, 0.2) is 82.4 Å². The van der Waals surface area contributed by atoms with Gasteiger partial charge in [-0.1, -0.05) is 88.9 Å². The fourth-order valence-electron chi connectivity index (χ4n) is 4.46. The minimum absolute atomic E-state index is 0.00146. The number of carbonyl (C=O) groups excluding carboxylic acids is 2. The number of rotatable bonds is 14. The quantitative estimate of drug-likeness (QED) is 0.104. The topological polar surface area (TPSA) is 86.7 Å². The summed E-state index contributed by atoms with van der Waals surface area (Å²) in [5.41, 5.74) is 1.98. The van der Waals surface area contributed by atoms with Crippen molar-refractivity contribution in [3.8, 4) is 35.2 Å². The largest absolute Gasteiger partial charge is 0.422 e. The van der Waals surface area contributed by atoms with Gasteiger partial charge in [0.1, 0.15) is 0 Å². The van der Waals surface area contributed by atoms with E-state index in [1.54, 1.807) is 24.3 Å². The first-order chi connectivity index (χ1) is 22.4. The van der Waals surface area contributed by atoms with Crippen molar-refractivity contribution in [2.45, 2.75) is 90.9 Å². The number of ether oxygens (including phenoxy) is 2. The third-order valence-electron chi connectivity index (χ3n) is 7.15. The van der Waals surface area contributed by atoms with Crippen LogP contribution in [0.25, 0.3) is 0 Å². The van der Waals surface area contributed by atoms with E-state index in [2.05, 4.69) is 37.5 Å². The van der Waals surface area contributed by atoms with Gasteiger partial charge in [-0.25, -0.2) is 0 Å². The average Bonchev–Trinajstić information content (AvgIpc) is 3.34. The number of benzene rings is 1. The first kappa shape index (κ1) is 35.5. The highest BCUT2D eigenvalue weighted by Crippen LogP contribution is 2.11. The van der Waals surface area contributed by atoms with Crippen molar-refractivity contribution < 1.29 is 19.1 Å². The summed E-state index contributed by atoms with van der Waals surface area (Å²) in [5, 5.41) is 0. The zero-order valence-electron chi connectivity index (χ0n) is 26.9. The van der Waals surface area contributed by atoms with E-state index in [1.165, 1.54) is 24.3 Å². The SMILES string of the molecule is CCCCCCCC(=O)Oc1ccc(C#Cc2ccc(C#Cc3ccc(OC(=O)CCCCCCC)c(=O)cc3)cc2)ccc1=O. The standard InChI is InChI=1S/C40H42O6/c1-3-5-7-9-11-13-39(43)45-37-29-25-33(23-27-35(37)41)21-19-31-15-17-32(18-16-31)20-22-34-24-28-36(42)38(30-26-34)46-40(44)14-12-10-8-6-4-2/h15-18,23-30H,3-14H2,1-2H3. The van der Waals surface area contributed by atoms with Gasteiger partial charge in [-0.05, 0) is 85.6 Å². The molecule has 3 rings (SSSR count). The molecule has 0 heterocycles. The highest BCUT2D eigenvalue weighted by Gasteiger charge is 2.08. The molecule has 0 aliphatic rings. The predicted molar refractivity (Wildman–Crippen MR) is 182 cm³/mol. The van der Waals surface area contributed by atoms with E-state index in [0.29, 0.717) is 11.1 Å². The number of hydrogen-bond donors (Lipinski definition) is 0. The molecule has 0 spiro atoms. The highest BCUT2D eigenvalue weighted by atomic mass is 16.5. The Morgan fingerprint density at radius 1 is 0.457 bits per heavy atom. The summed E-state index contributed by atoms with van der Waals surface area (Å²) in [6.45, 7) is 4.28. The molecule has 6 nitrogen and oxygen atoms in total. The molecular weight excluding hydrogens is 576 g/mol. The molecule has 0 unspecified atom stereocenters. The predicted octanol–water partition coefficient (Wildman–Crippen LogP) is 7.74. The van der Waals surface area contributed by atoms with E-state index < -0.39 is 11.9 Å². The van der Waals surface area contributed by atoms with E-state index in [-0.39, 0.29) is 35.2 Å². The lowest BCUT2D eigenvalue weighted by Crippen LogP contribution is -2.12. The lowest BCUT2D eigenvalue weighted by Gasteiger charge is -2.02. The van der Waals surface area contributed by atoms with E-state index in [1.807, 2.05) is 24.3 Å².